The Labute approximate surface area is 114 Å². The van der Waals surface area contributed by atoms with Gasteiger partial charge in [0.2, 0.25) is 0 Å². The molecule has 0 heterocycles. The van der Waals surface area contributed by atoms with Gasteiger partial charge in [-0.3, -0.25) is 10.1 Å². The molecule has 0 aliphatic carbocycles. The molecule has 0 spiro atoms. The van der Waals surface area contributed by atoms with Crippen molar-refractivity contribution in [1.82, 2.24) is 5.32 Å². The van der Waals surface area contributed by atoms with E-state index in [1.165, 1.54) is 18.2 Å². The van der Waals surface area contributed by atoms with E-state index in [4.69, 9.17) is 9.47 Å². The van der Waals surface area contributed by atoms with Crippen LogP contribution in [0.5, 0.6) is 5.75 Å². The van der Waals surface area contributed by atoms with Crippen molar-refractivity contribution in [3.8, 4) is 5.75 Å². The molecule has 0 amide bonds. The number of nitro benzene ring substituents is 1. The van der Waals surface area contributed by atoms with E-state index in [0.29, 0.717) is 18.7 Å². The van der Waals surface area contributed by atoms with Crippen molar-refractivity contribution in [2.45, 2.75) is 13.0 Å². The molecule has 0 saturated carbocycles. The van der Waals surface area contributed by atoms with E-state index in [1.807, 2.05) is 0 Å². The number of nitro groups is 1. The number of non-ortho nitro benzene ring substituents is 1. The number of nitrogens with zero attached hydrogens (tertiary/aromatic N) is 1. The standard InChI is InChI=1S/C12H16F2N2O4/c1-19-5-4-15-7-9-6-10(16(17)18)2-3-11(9)20-8-12(13)14/h2-3,6,12,15H,4-5,7-8H2,1H3. The molecule has 20 heavy (non-hydrogen) atoms. The average Bonchev–Trinajstić information content (AvgIpc) is 2.41. The lowest BCUT2D eigenvalue weighted by Gasteiger charge is -2.12. The van der Waals surface area contributed by atoms with Gasteiger partial charge in [0.15, 0.2) is 0 Å². The first kappa shape index (κ1) is 16.3. The number of rotatable bonds is 9. The fraction of sp³-hybridized carbons (Fsp3) is 0.500. The third-order valence-corrected chi connectivity index (χ3v) is 2.42. The van der Waals surface area contributed by atoms with Gasteiger partial charge in [-0.05, 0) is 6.07 Å². The lowest BCUT2D eigenvalue weighted by Crippen LogP contribution is -2.19. The van der Waals surface area contributed by atoms with E-state index in [2.05, 4.69) is 5.32 Å². The number of alkyl halides is 2. The molecule has 8 heteroatoms. The third kappa shape index (κ3) is 5.45. The van der Waals surface area contributed by atoms with E-state index >= 15 is 0 Å². The number of hydrogen-bond acceptors (Lipinski definition) is 5. The van der Waals surface area contributed by atoms with E-state index < -0.39 is 18.0 Å². The van der Waals surface area contributed by atoms with Gasteiger partial charge in [-0.2, -0.15) is 0 Å². The van der Waals surface area contributed by atoms with Crippen LogP contribution < -0.4 is 10.1 Å². The van der Waals surface area contributed by atoms with Gasteiger partial charge in [0.05, 0.1) is 11.5 Å². The van der Waals surface area contributed by atoms with Crippen LogP contribution in [0.4, 0.5) is 14.5 Å². The maximum absolute atomic E-state index is 12.1. The second kappa shape index (κ2) is 8.39. The largest absolute Gasteiger partial charge is 0.487 e. The van der Waals surface area contributed by atoms with Gasteiger partial charge in [0.25, 0.3) is 12.1 Å². The van der Waals surface area contributed by atoms with Gasteiger partial charge >= 0.3 is 0 Å². The number of hydrogen-bond donors (Lipinski definition) is 1. The Morgan fingerprint density at radius 2 is 2.20 bits per heavy atom. The lowest BCUT2D eigenvalue weighted by molar-refractivity contribution is -0.384. The number of nitrogens with one attached hydrogen (secondary N) is 1. The minimum Gasteiger partial charge on any atom is -0.487 e. The summed E-state index contributed by atoms with van der Waals surface area (Å²) >= 11 is 0. The molecule has 0 bridgehead atoms. The fourth-order valence-corrected chi connectivity index (χ4v) is 1.51. The molecule has 0 radical (unpaired) electrons. The normalized spacial score (nSPS) is 10.8. The highest BCUT2D eigenvalue weighted by molar-refractivity contribution is 5.43. The third-order valence-electron chi connectivity index (χ3n) is 2.42. The summed E-state index contributed by atoms with van der Waals surface area (Å²) in [7, 11) is 1.55. The van der Waals surface area contributed by atoms with Crippen LogP contribution >= 0.6 is 0 Å². The lowest BCUT2D eigenvalue weighted by atomic mass is 10.1. The number of methoxy groups -OCH3 is 1. The second-order valence-corrected chi connectivity index (χ2v) is 3.92. The topological polar surface area (TPSA) is 73.6 Å². The van der Waals surface area contributed by atoms with Gasteiger partial charge in [0, 0.05) is 37.9 Å². The van der Waals surface area contributed by atoms with Crippen molar-refractivity contribution in [1.29, 1.82) is 0 Å². The Bertz CT molecular complexity index is 443. The van der Waals surface area contributed by atoms with E-state index in [9.17, 15) is 18.9 Å². The Balaban J connectivity index is 2.77. The summed E-state index contributed by atoms with van der Waals surface area (Å²) in [6, 6.07) is 3.86. The van der Waals surface area contributed by atoms with E-state index in [-0.39, 0.29) is 18.0 Å². The highest BCUT2D eigenvalue weighted by Crippen LogP contribution is 2.24. The van der Waals surface area contributed by atoms with Crippen LogP contribution in [0.1, 0.15) is 5.56 Å². The highest BCUT2D eigenvalue weighted by atomic mass is 19.3. The molecule has 0 aliphatic heterocycles. The molecular formula is C12H16F2N2O4. The fourth-order valence-electron chi connectivity index (χ4n) is 1.51. The Morgan fingerprint density at radius 3 is 2.80 bits per heavy atom. The summed E-state index contributed by atoms with van der Waals surface area (Å²) in [5.74, 6) is 0.209. The molecule has 0 atom stereocenters. The first-order valence-electron chi connectivity index (χ1n) is 5.92. The molecule has 0 fully saturated rings. The predicted octanol–water partition coefficient (Wildman–Crippen LogP) is 1.97. The van der Waals surface area contributed by atoms with Crippen molar-refractivity contribution in [2.24, 2.45) is 0 Å². The molecule has 0 saturated heterocycles. The van der Waals surface area contributed by atoms with Gasteiger partial charge in [-0.25, -0.2) is 8.78 Å². The summed E-state index contributed by atoms with van der Waals surface area (Å²) in [4.78, 5) is 10.2. The summed E-state index contributed by atoms with van der Waals surface area (Å²) < 4.78 is 34.1. The molecule has 112 valence electrons. The minimum atomic E-state index is -2.60. The van der Waals surface area contributed by atoms with Crippen molar-refractivity contribution in [3.63, 3.8) is 0 Å². The summed E-state index contributed by atoms with van der Waals surface area (Å²) in [5.41, 5.74) is 0.342. The van der Waals surface area contributed by atoms with Crippen molar-refractivity contribution >= 4 is 5.69 Å². The van der Waals surface area contributed by atoms with Crippen LogP contribution in [0.25, 0.3) is 0 Å². The maximum atomic E-state index is 12.1. The van der Waals surface area contributed by atoms with Crippen LogP contribution in [0, 0.1) is 10.1 Å². The Morgan fingerprint density at radius 1 is 1.45 bits per heavy atom. The molecule has 0 aliphatic rings. The number of halogens is 2. The first-order valence-corrected chi connectivity index (χ1v) is 5.92. The summed E-state index contributed by atoms with van der Waals surface area (Å²) in [6.45, 7) is 0.530. The van der Waals surface area contributed by atoms with Crippen molar-refractivity contribution < 1.29 is 23.2 Å². The zero-order valence-electron chi connectivity index (χ0n) is 11.0. The zero-order chi connectivity index (χ0) is 15.0. The molecule has 1 N–H and O–H groups in total. The minimum absolute atomic E-state index is 0.113. The molecule has 1 rings (SSSR count). The van der Waals surface area contributed by atoms with Gasteiger partial charge in [0.1, 0.15) is 12.4 Å². The van der Waals surface area contributed by atoms with Crippen LogP contribution in [-0.4, -0.2) is 38.2 Å². The quantitative estimate of drug-likeness (QED) is 0.427. The second-order valence-electron chi connectivity index (χ2n) is 3.92. The molecule has 1 aromatic carbocycles. The molecule has 0 unspecified atom stereocenters. The van der Waals surface area contributed by atoms with E-state index in [0.717, 1.165) is 0 Å². The Kier molecular flexibility index (Phi) is 6.82. The average molecular weight is 290 g/mol. The van der Waals surface area contributed by atoms with Crippen molar-refractivity contribution in [2.75, 3.05) is 26.9 Å². The summed E-state index contributed by atoms with van der Waals surface area (Å²) in [5, 5.41) is 13.7. The predicted molar refractivity (Wildman–Crippen MR) is 68.2 cm³/mol. The van der Waals surface area contributed by atoms with Crippen LogP contribution in [0.15, 0.2) is 18.2 Å². The van der Waals surface area contributed by atoms with Crippen LogP contribution in [0.2, 0.25) is 0 Å². The van der Waals surface area contributed by atoms with Crippen molar-refractivity contribution in [3.05, 3.63) is 33.9 Å². The van der Waals surface area contributed by atoms with Crippen LogP contribution in [-0.2, 0) is 11.3 Å². The van der Waals surface area contributed by atoms with Gasteiger partial charge in [-0.15, -0.1) is 0 Å². The molecule has 0 aromatic heterocycles. The monoisotopic (exact) mass is 290 g/mol. The highest BCUT2D eigenvalue weighted by Gasteiger charge is 2.13. The smallest absolute Gasteiger partial charge is 0.272 e. The first-order chi connectivity index (χ1) is 9.54. The number of benzene rings is 1. The Hall–Kier alpha value is -1.80. The van der Waals surface area contributed by atoms with Gasteiger partial charge < -0.3 is 14.8 Å². The summed E-state index contributed by atoms with van der Waals surface area (Å²) in [6.07, 6.45) is -2.60. The number of ether oxygens (including phenoxy) is 2. The zero-order valence-corrected chi connectivity index (χ0v) is 11.0. The molecular weight excluding hydrogens is 274 g/mol. The van der Waals surface area contributed by atoms with Crippen LogP contribution in [0.3, 0.4) is 0 Å². The SMILES string of the molecule is COCCNCc1cc([N+](=O)[O-])ccc1OCC(F)F. The van der Waals surface area contributed by atoms with Gasteiger partial charge in [-0.1, -0.05) is 0 Å². The molecule has 1 aromatic rings. The molecule has 6 nitrogen and oxygen atoms in total. The van der Waals surface area contributed by atoms with E-state index in [1.54, 1.807) is 7.11 Å². The maximum Gasteiger partial charge on any atom is 0.272 e.